The van der Waals surface area contributed by atoms with Crippen LogP contribution in [0.15, 0.2) is 35.3 Å². The van der Waals surface area contributed by atoms with Crippen LogP contribution >= 0.6 is 24.0 Å². The van der Waals surface area contributed by atoms with Gasteiger partial charge in [0.2, 0.25) is 10.0 Å². The van der Waals surface area contributed by atoms with E-state index in [9.17, 15) is 8.42 Å². The topological polar surface area (TPSA) is 83.0 Å². The van der Waals surface area contributed by atoms with Crippen LogP contribution < -0.4 is 10.6 Å². The van der Waals surface area contributed by atoms with Crippen LogP contribution in [-0.2, 0) is 21.2 Å². The number of guanidine groups is 1. The Morgan fingerprint density at radius 3 is 2.46 bits per heavy atom. The van der Waals surface area contributed by atoms with Crippen LogP contribution in [0.2, 0.25) is 0 Å². The van der Waals surface area contributed by atoms with Crippen LogP contribution in [-0.4, -0.2) is 70.9 Å². The Labute approximate surface area is 173 Å². The standard InChI is InChI=1S/C17H28N4O3S.HI/c1-18-17(19-9-5-8-16-6-3-2-4-7-16)20-10-15-25(22,23)21-11-13-24-14-12-21;/h2-4,6-7H,5,8-15H2,1H3,(H2,18,19,20);1H. The van der Waals surface area contributed by atoms with Crippen LogP contribution in [0.3, 0.4) is 0 Å². The van der Waals surface area contributed by atoms with E-state index in [1.807, 2.05) is 18.2 Å². The van der Waals surface area contributed by atoms with Gasteiger partial charge in [0.15, 0.2) is 5.96 Å². The Balaban J connectivity index is 0.00000338. The van der Waals surface area contributed by atoms with Crippen molar-refractivity contribution in [2.24, 2.45) is 4.99 Å². The van der Waals surface area contributed by atoms with Gasteiger partial charge in [0, 0.05) is 33.2 Å². The SMILES string of the molecule is CN=C(NCCCc1ccccc1)NCCS(=O)(=O)N1CCOCC1.I. The smallest absolute Gasteiger partial charge is 0.215 e. The van der Waals surface area contributed by atoms with Gasteiger partial charge in [-0.25, -0.2) is 8.42 Å². The number of nitrogens with one attached hydrogen (secondary N) is 2. The minimum absolute atomic E-state index is 0. The highest BCUT2D eigenvalue weighted by molar-refractivity contribution is 14.0. The number of hydrogen-bond acceptors (Lipinski definition) is 4. The van der Waals surface area contributed by atoms with Crippen molar-refractivity contribution in [3.05, 3.63) is 35.9 Å². The minimum Gasteiger partial charge on any atom is -0.379 e. The molecule has 1 aliphatic heterocycles. The number of rotatable bonds is 8. The fraction of sp³-hybridized carbons (Fsp3) is 0.588. The zero-order valence-corrected chi connectivity index (χ0v) is 18.3. The number of morpholine rings is 1. The van der Waals surface area contributed by atoms with E-state index in [2.05, 4.69) is 27.8 Å². The van der Waals surface area contributed by atoms with E-state index in [-0.39, 0.29) is 29.7 Å². The molecule has 1 aliphatic rings. The van der Waals surface area contributed by atoms with E-state index >= 15 is 0 Å². The van der Waals surface area contributed by atoms with Gasteiger partial charge in [-0.1, -0.05) is 30.3 Å². The second-order valence-electron chi connectivity index (χ2n) is 5.84. The number of aryl methyl sites for hydroxylation is 1. The lowest BCUT2D eigenvalue weighted by Crippen LogP contribution is -2.45. The lowest BCUT2D eigenvalue weighted by molar-refractivity contribution is 0.0730. The Bertz CT molecular complexity index is 635. The molecule has 1 heterocycles. The summed E-state index contributed by atoms with van der Waals surface area (Å²) in [6.45, 7) is 2.93. The van der Waals surface area contributed by atoms with Crippen molar-refractivity contribution in [1.29, 1.82) is 0 Å². The quantitative estimate of drug-likeness (QED) is 0.244. The largest absolute Gasteiger partial charge is 0.379 e. The van der Waals surface area contributed by atoms with Crippen molar-refractivity contribution >= 4 is 40.0 Å². The van der Waals surface area contributed by atoms with Crippen LogP contribution in [0.25, 0.3) is 0 Å². The summed E-state index contributed by atoms with van der Waals surface area (Å²) < 4.78 is 31.2. The number of hydrogen-bond donors (Lipinski definition) is 2. The van der Waals surface area contributed by atoms with E-state index in [1.165, 1.54) is 9.87 Å². The molecule has 9 heteroatoms. The third kappa shape index (κ3) is 8.19. The molecule has 0 radical (unpaired) electrons. The highest BCUT2D eigenvalue weighted by atomic mass is 127. The normalized spacial score (nSPS) is 16.0. The Morgan fingerprint density at radius 1 is 1.15 bits per heavy atom. The van der Waals surface area contributed by atoms with Crippen molar-refractivity contribution in [2.75, 3.05) is 52.2 Å². The maximum absolute atomic E-state index is 12.2. The summed E-state index contributed by atoms with van der Waals surface area (Å²) in [6.07, 6.45) is 1.98. The summed E-state index contributed by atoms with van der Waals surface area (Å²) in [5, 5.41) is 6.28. The molecule has 1 aromatic rings. The van der Waals surface area contributed by atoms with Crippen molar-refractivity contribution < 1.29 is 13.2 Å². The molecule has 0 aliphatic carbocycles. The molecule has 0 aromatic heterocycles. The molecule has 1 fully saturated rings. The Kier molecular flexibility index (Phi) is 11.1. The molecule has 148 valence electrons. The van der Waals surface area contributed by atoms with E-state index in [0.717, 1.165) is 19.4 Å². The lowest BCUT2D eigenvalue weighted by Gasteiger charge is -2.26. The molecule has 1 saturated heterocycles. The zero-order chi connectivity index (χ0) is 18.0. The first-order valence-corrected chi connectivity index (χ1v) is 10.3. The van der Waals surface area contributed by atoms with E-state index in [1.54, 1.807) is 7.05 Å². The summed E-state index contributed by atoms with van der Waals surface area (Å²) in [5.41, 5.74) is 1.31. The molecule has 0 bridgehead atoms. The molecule has 0 atom stereocenters. The van der Waals surface area contributed by atoms with E-state index in [0.29, 0.717) is 38.8 Å². The first-order valence-electron chi connectivity index (χ1n) is 8.66. The Hall–Kier alpha value is -0.910. The fourth-order valence-electron chi connectivity index (χ4n) is 2.62. The fourth-order valence-corrected chi connectivity index (χ4v) is 3.94. The van der Waals surface area contributed by atoms with Crippen molar-refractivity contribution in [3.8, 4) is 0 Å². The lowest BCUT2D eigenvalue weighted by atomic mass is 10.1. The Morgan fingerprint density at radius 2 is 1.81 bits per heavy atom. The van der Waals surface area contributed by atoms with Gasteiger partial charge >= 0.3 is 0 Å². The average molecular weight is 496 g/mol. The van der Waals surface area contributed by atoms with Gasteiger partial charge in [-0.15, -0.1) is 24.0 Å². The predicted molar refractivity (Wildman–Crippen MR) is 116 cm³/mol. The molecular weight excluding hydrogens is 467 g/mol. The van der Waals surface area contributed by atoms with E-state index < -0.39 is 10.0 Å². The summed E-state index contributed by atoms with van der Waals surface area (Å²) >= 11 is 0. The minimum atomic E-state index is -3.24. The zero-order valence-electron chi connectivity index (χ0n) is 15.2. The molecule has 7 nitrogen and oxygen atoms in total. The molecule has 0 amide bonds. The molecule has 0 saturated carbocycles. The van der Waals surface area contributed by atoms with Crippen LogP contribution in [0.4, 0.5) is 0 Å². The van der Waals surface area contributed by atoms with Crippen molar-refractivity contribution in [2.45, 2.75) is 12.8 Å². The number of ether oxygens (including phenoxy) is 1. The molecule has 2 rings (SSSR count). The van der Waals surface area contributed by atoms with Crippen LogP contribution in [0.5, 0.6) is 0 Å². The number of aliphatic imine (C=N–C) groups is 1. The highest BCUT2D eigenvalue weighted by Gasteiger charge is 2.23. The van der Waals surface area contributed by atoms with Crippen molar-refractivity contribution in [3.63, 3.8) is 0 Å². The van der Waals surface area contributed by atoms with Crippen LogP contribution in [0, 0.1) is 0 Å². The van der Waals surface area contributed by atoms with Gasteiger partial charge < -0.3 is 15.4 Å². The first-order chi connectivity index (χ1) is 12.1. The molecule has 2 N–H and O–H groups in total. The number of nitrogens with zero attached hydrogens (tertiary/aromatic N) is 2. The molecular formula is C17H29IN4O3S. The maximum Gasteiger partial charge on any atom is 0.215 e. The maximum atomic E-state index is 12.2. The monoisotopic (exact) mass is 496 g/mol. The average Bonchev–Trinajstić information content (AvgIpc) is 2.65. The number of benzene rings is 1. The highest BCUT2D eigenvalue weighted by Crippen LogP contribution is 2.05. The van der Waals surface area contributed by atoms with Gasteiger partial charge in [0.05, 0.1) is 19.0 Å². The third-order valence-electron chi connectivity index (χ3n) is 4.02. The second kappa shape index (κ2) is 12.5. The summed E-state index contributed by atoms with van der Waals surface area (Å²) in [6, 6.07) is 10.3. The van der Waals surface area contributed by atoms with Gasteiger partial charge in [0.25, 0.3) is 0 Å². The third-order valence-corrected chi connectivity index (χ3v) is 5.89. The van der Waals surface area contributed by atoms with Gasteiger partial charge in [-0.05, 0) is 18.4 Å². The number of sulfonamides is 1. The van der Waals surface area contributed by atoms with Crippen molar-refractivity contribution in [1.82, 2.24) is 14.9 Å². The molecule has 26 heavy (non-hydrogen) atoms. The molecule has 0 unspecified atom stereocenters. The summed E-state index contributed by atoms with van der Waals surface area (Å²) in [7, 11) is -1.56. The number of halogens is 1. The van der Waals surface area contributed by atoms with E-state index in [4.69, 9.17) is 4.74 Å². The second-order valence-corrected chi connectivity index (χ2v) is 7.93. The molecule has 1 aromatic carbocycles. The van der Waals surface area contributed by atoms with Gasteiger partial charge in [-0.2, -0.15) is 4.31 Å². The van der Waals surface area contributed by atoms with Crippen LogP contribution in [0.1, 0.15) is 12.0 Å². The van der Waals surface area contributed by atoms with Gasteiger partial charge in [0.1, 0.15) is 0 Å². The summed E-state index contributed by atoms with van der Waals surface area (Å²) in [5.74, 6) is 0.683. The predicted octanol–water partition coefficient (Wildman–Crippen LogP) is 1.06. The van der Waals surface area contributed by atoms with Gasteiger partial charge in [-0.3, -0.25) is 4.99 Å². The molecule has 0 spiro atoms. The summed E-state index contributed by atoms with van der Waals surface area (Å²) in [4.78, 5) is 4.13. The first kappa shape index (κ1) is 23.1.